The van der Waals surface area contributed by atoms with Gasteiger partial charge in [0, 0.05) is 12.6 Å². The van der Waals surface area contributed by atoms with Crippen LogP contribution < -0.4 is 9.74 Å². The first-order chi connectivity index (χ1) is 9.74. The summed E-state index contributed by atoms with van der Waals surface area (Å²) in [7, 11) is -1.86. The zero-order valence-corrected chi connectivity index (χ0v) is 16.5. The van der Waals surface area contributed by atoms with Gasteiger partial charge in [0.05, 0.1) is 0 Å². The highest BCUT2D eigenvalue weighted by Crippen LogP contribution is 2.39. The minimum atomic E-state index is -1.86. The van der Waals surface area contributed by atoms with E-state index >= 15 is 0 Å². The molecule has 0 bridgehead atoms. The lowest BCUT2D eigenvalue weighted by Crippen LogP contribution is -2.43. The normalized spacial score (nSPS) is 13.0. The molecule has 1 rings (SSSR count). The first kappa shape index (κ1) is 18.8. The van der Waals surface area contributed by atoms with E-state index in [0.717, 1.165) is 17.0 Å². The summed E-state index contributed by atoms with van der Waals surface area (Å²) in [6.45, 7) is 19.1. The first-order valence-corrected chi connectivity index (χ1v) is 10.8. The molecule has 0 atom stereocenters. The molecule has 1 N–H and O–H groups in total. The minimum Gasteiger partial charge on any atom is -0.543 e. The van der Waals surface area contributed by atoms with Gasteiger partial charge in [-0.25, -0.2) is 0 Å². The van der Waals surface area contributed by atoms with Crippen molar-refractivity contribution in [3.63, 3.8) is 0 Å². The van der Waals surface area contributed by atoms with Crippen molar-refractivity contribution in [2.45, 2.75) is 72.0 Å². The second kappa shape index (κ2) is 6.07. The summed E-state index contributed by atoms with van der Waals surface area (Å²) in [6, 6.07) is 5.98. The molecule has 0 saturated heterocycles. The zero-order chi connectivity index (χ0) is 17.3. The standard InChI is InChI=1S/C18H31NO2Si/c1-13(20)19-16-11-10-14(12-15(16)17(2,3)4)21-22(8,9)18(5,6)7/h10-12H,1-9H3,(H,19,20). The maximum Gasteiger partial charge on any atom is 0.250 e. The average molecular weight is 322 g/mol. The summed E-state index contributed by atoms with van der Waals surface area (Å²) in [4.78, 5) is 11.4. The largest absolute Gasteiger partial charge is 0.543 e. The summed E-state index contributed by atoms with van der Waals surface area (Å²) in [5, 5.41) is 3.08. The van der Waals surface area contributed by atoms with Gasteiger partial charge in [-0.15, -0.1) is 0 Å². The Morgan fingerprint density at radius 2 is 1.64 bits per heavy atom. The molecule has 0 aliphatic heterocycles. The van der Waals surface area contributed by atoms with E-state index in [1.165, 1.54) is 6.92 Å². The zero-order valence-electron chi connectivity index (χ0n) is 15.5. The number of hydrogen-bond donors (Lipinski definition) is 1. The molecule has 0 aromatic heterocycles. The number of nitrogens with one attached hydrogen (secondary N) is 1. The Morgan fingerprint density at radius 1 is 1.09 bits per heavy atom. The van der Waals surface area contributed by atoms with E-state index in [-0.39, 0.29) is 16.4 Å². The highest BCUT2D eigenvalue weighted by atomic mass is 28.4. The van der Waals surface area contributed by atoms with Gasteiger partial charge in [0.15, 0.2) is 0 Å². The lowest BCUT2D eigenvalue weighted by molar-refractivity contribution is -0.114. The predicted molar refractivity (Wildman–Crippen MR) is 97.3 cm³/mol. The van der Waals surface area contributed by atoms with E-state index in [0.29, 0.717) is 0 Å². The fraction of sp³-hybridized carbons (Fsp3) is 0.611. The summed E-state index contributed by atoms with van der Waals surface area (Å²) in [5.74, 6) is 0.842. The highest BCUT2D eigenvalue weighted by Gasteiger charge is 2.39. The van der Waals surface area contributed by atoms with Gasteiger partial charge >= 0.3 is 0 Å². The lowest BCUT2D eigenvalue weighted by Gasteiger charge is -2.37. The van der Waals surface area contributed by atoms with Crippen LogP contribution in [0.15, 0.2) is 18.2 Å². The molecule has 1 amide bonds. The van der Waals surface area contributed by atoms with Gasteiger partial charge < -0.3 is 9.74 Å². The van der Waals surface area contributed by atoms with Crippen LogP contribution in [-0.2, 0) is 10.2 Å². The van der Waals surface area contributed by atoms with Crippen LogP contribution in [-0.4, -0.2) is 14.2 Å². The fourth-order valence-electron chi connectivity index (χ4n) is 1.95. The number of rotatable bonds is 3. The molecule has 22 heavy (non-hydrogen) atoms. The first-order valence-electron chi connectivity index (χ1n) is 7.85. The van der Waals surface area contributed by atoms with Gasteiger partial charge in [0.2, 0.25) is 14.2 Å². The molecule has 0 saturated carbocycles. The molecular weight excluding hydrogens is 290 g/mol. The van der Waals surface area contributed by atoms with Gasteiger partial charge in [-0.3, -0.25) is 4.79 Å². The fourth-order valence-corrected chi connectivity index (χ4v) is 2.98. The third-order valence-electron chi connectivity index (χ3n) is 4.29. The number of amides is 1. The van der Waals surface area contributed by atoms with Gasteiger partial charge in [0.1, 0.15) is 5.75 Å². The van der Waals surface area contributed by atoms with E-state index in [1.54, 1.807) is 0 Å². The number of carbonyl (C=O) groups excluding carboxylic acids is 1. The third-order valence-corrected chi connectivity index (χ3v) is 8.65. The number of hydrogen-bond acceptors (Lipinski definition) is 2. The smallest absolute Gasteiger partial charge is 0.250 e. The molecule has 1 aromatic rings. The Morgan fingerprint density at radius 3 is 2.05 bits per heavy atom. The topological polar surface area (TPSA) is 38.3 Å². The molecule has 0 fully saturated rings. The van der Waals surface area contributed by atoms with Crippen molar-refractivity contribution in [1.82, 2.24) is 0 Å². The van der Waals surface area contributed by atoms with Crippen LogP contribution in [0.2, 0.25) is 18.1 Å². The number of anilines is 1. The second-order valence-electron chi connectivity index (χ2n) is 8.50. The van der Waals surface area contributed by atoms with E-state index in [1.807, 2.05) is 12.1 Å². The summed E-state index contributed by atoms with van der Waals surface area (Å²) < 4.78 is 6.39. The van der Waals surface area contributed by atoms with Crippen molar-refractivity contribution in [3.8, 4) is 5.75 Å². The van der Waals surface area contributed by atoms with Crippen LogP contribution in [0, 0.1) is 0 Å². The molecule has 4 heteroatoms. The van der Waals surface area contributed by atoms with Crippen molar-refractivity contribution < 1.29 is 9.22 Å². The minimum absolute atomic E-state index is 0.0523. The quantitative estimate of drug-likeness (QED) is 0.764. The monoisotopic (exact) mass is 321 g/mol. The Bertz CT molecular complexity index is 551. The van der Waals surface area contributed by atoms with Crippen molar-refractivity contribution in [1.29, 1.82) is 0 Å². The molecular formula is C18H31NO2Si. The van der Waals surface area contributed by atoms with Crippen LogP contribution in [0.25, 0.3) is 0 Å². The SMILES string of the molecule is CC(=O)Nc1ccc(O[Si](C)(C)C(C)(C)C)cc1C(C)(C)C. The third kappa shape index (κ3) is 4.60. The van der Waals surface area contributed by atoms with Gasteiger partial charge in [-0.05, 0) is 47.3 Å². The molecule has 0 spiro atoms. The maximum absolute atomic E-state index is 11.4. The van der Waals surface area contributed by atoms with E-state index in [9.17, 15) is 4.79 Å². The van der Waals surface area contributed by atoms with Gasteiger partial charge in [-0.1, -0.05) is 41.5 Å². The van der Waals surface area contributed by atoms with Crippen LogP contribution in [0.5, 0.6) is 5.75 Å². The Hall–Kier alpha value is -1.29. The van der Waals surface area contributed by atoms with Crippen molar-refractivity contribution in [2.24, 2.45) is 0 Å². The molecule has 1 aromatic carbocycles. The molecule has 0 unspecified atom stereocenters. The van der Waals surface area contributed by atoms with E-state index in [4.69, 9.17) is 4.43 Å². The number of benzene rings is 1. The molecule has 0 aliphatic rings. The van der Waals surface area contributed by atoms with Gasteiger partial charge in [0.25, 0.3) is 0 Å². The van der Waals surface area contributed by atoms with Crippen LogP contribution in [0.3, 0.4) is 0 Å². The molecule has 124 valence electrons. The van der Waals surface area contributed by atoms with Crippen LogP contribution in [0.4, 0.5) is 5.69 Å². The second-order valence-corrected chi connectivity index (χ2v) is 13.2. The van der Waals surface area contributed by atoms with Crippen molar-refractivity contribution in [2.75, 3.05) is 5.32 Å². The Kier molecular flexibility index (Phi) is 5.17. The summed E-state index contributed by atoms with van der Waals surface area (Å²) in [5.41, 5.74) is 1.89. The van der Waals surface area contributed by atoms with E-state index < -0.39 is 8.32 Å². The summed E-state index contributed by atoms with van der Waals surface area (Å²) in [6.07, 6.45) is 0. The highest BCUT2D eigenvalue weighted by molar-refractivity contribution is 6.74. The molecule has 0 radical (unpaired) electrons. The maximum atomic E-state index is 11.4. The van der Waals surface area contributed by atoms with E-state index in [2.05, 4.69) is 66.0 Å². The van der Waals surface area contributed by atoms with Crippen LogP contribution >= 0.6 is 0 Å². The Balaban J connectivity index is 3.23. The molecule has 3 nitrogen and oxygen atoms in total. The van der Waals surface area contributed by atoms with Crippen molar-refractivity contribution >= 4 is 19.9 Å². The summed E-state index contributed by atoms with van der Waals surface area (Å²) >= 11 is 0. The number of carbonyl (C=O) groups is 1. The lowest BCUT2D eigenvalue weighted by atomic mass is 9.85. The average Bonchev–Trinajstić information content (AvgIpc) is 2.27. The van der Waals surface area contributed by atoms with Gasteiger partial charge in [-0.2, -0.15) is 0 Å². The van der Waals surface area contributed by atoms with Crippen LogP contribution in [0.1, 0.15) is 54.0 Å². The predicted octanol–water partition coefficient (Wildman–Crippen LogP) is 5.33. The molecule has 0 aliphatic carbocycles. The van der Waals surface area contributed by atoms with Crippen molar-refractivity contribution in [3.05, 3.63) is 23.8 Å². The Labute approximate surface area is 136 Å². The molecule has 0 heterocycles.